The first-order valence-corrected chi connectivity index (χ1v) is 2.55. The van der Waals surface area contributed by atoms with Crippen LogP contribution in [-0.4, -0.2) is 4.68 Å². The van der Waals surface area contributed by atoms with Gasteiger partial charge in [0.05, 0.1) is 0 Å². The molecule has 0 fully saturated rings. The summed E-state index contributed by atoms with van der Waals surface area (Å²) in [7, 11) is 0. The third-order valence-corrected chi connectivity index (χ3v) is 1.17. The second-order valence-corrected chi connectivity index (χ2v) is 1.74. The fourth-order valence-corrected chi connectivity index (χ4v) is 0.269. The molecular weight excluding hydrogens is 132 g/mol. The Hall–Kier alpha value is -0.0705. The van der Waals surface area contributed by atoms with E-state index in [4.69, 9.17) is 0 Å². The van der Waals surface area contributed by atoms with E-state index in [1.54, 1.807) is 13.0 Å². The van der Waals surface area contributed by atoms with Crippen molar-refractivity contribution in [1.82, 2.24) is 0 Å². The summed E-state index contributed by atoms with van der Waals surface area (Å²) < 4.78 is -0.0949. The zero-order valence-electron chi connectivity index (χ0n) is 4.34. The predicted octanol–water partition coefficient (Wildman–Crippen LogP) is 1.03. The Morgan fingerprint density at radius 1 is 1.71 bits per heavy atom. The first-order valence-electron chi connectivity index (χ1n) is 2.00. The van der Waals surface area contributed by atoms with Crippen molar-refractivity contribution >= 4 is 4.68 Å². The molecule has 0 N–H and O–H groups in total. The number of allylic oxidation sites excluding steroid dienone is 2. The topological polar surface area (TPSA) is 17.1 Å². The molecule has 0 unspecified atom stereocenters. The Morgan fingerprint density at radius 3 is 2.14 bits per heavy atom. The van der Waals surface area contributed by atoms with E-state index in [0.717, 1.165) is 5.57 Å². The summed E-state index contributed by atoms with van der Waals surface area (Å²) in [6, 6.07) is 0. The van der Waals surface area contributed by atoms with Gasteiger partial charge in [-0.05, 0) is 0 Å². The van der Waals surface area contributed by atoms with E-state index in [1.807, 2.05) is 6.92 Å². The van der Waals surface area contributed by atoms with Crippen molar-refractivity contribution in [3.63, 3.8) is 0 Å². The molecule has 0 aromatic heterocycles. The third-order valence-electron chi connectivity index (χ3n) is 0.733. The molecule has 0 spiro atoms. The van der Waals surface area contributed by atoms with Gasteiger partial charge in [0.15, 0.2) is 0 Å². The molecule has 0 aliphatic rings. The van der Waals surface area contributed by atoms with Gasteiger partial charge in [-0.2, -0.15) is 0 Å². The molecule has 0 aliphatic carbocycles. The van der Waals surface area contributed by atoms with Gasteiger partial charge in [-0.1, -0.05) is 0 Å². The Bertz CT molecular complexity index is 105. The van der Waals surface area contributed by atoms with Crippen LogP contribution >= 0.6 is 0 Å². The normalized spacial score (nSPS) is 11.6. The van der Waals surface area contributed by atoms with Crippen molar-refractivity contribution in [2.75, 3.05) is 0 Å². The summed E-state index contributed by atoms with van der Waals surface area (Å²) in [5, 5.41) is 0. The monoisotopic (exact) mass is 139 g/mol. The molecule has 0 atom stereocenters. The van der Waals surface area contributed by atoms with E-state index in [9.17, 15) is 4.79 Å². The molecule has 0 bridgehead atoms. The molecule has 1 nitrogen and oxygen atoms in total. The molecule has 0 rings (SSSR count). The van der Waals surface area contributed by atoms with Crippen LogP contribution in [0.25, 0.3) is 0 Å². The molecule has 0 aromatic carbocycles. The summed E-state index contributed by atoms with van der Waals surface area (Å²) in [5.41, 5.74) is 0.722. The van der Waals surface area contributed by atoms with Crippen molar-refractivity contribution in [3.05, 3.63) is 11.6 Å². The molecule has 41 valence electrons. The molecule has 0 radical (unpaired) electrons. The number of hydrogen-bond acceptors (Lipinski definition) is 1. The van der Waals surface area contributed by atoms with Crippen molar-refractivity contribution in [2.24, 2.45) is 0 Å². The molecule has 0 aromatic rings. The Morgan fingerprint density at radius 2 is 2.14 bits per heavy atom. The minimum atomic E-state index is -0.0949. The number of carbonyl (C=O) groups excluding carboxylic acids is 1. The van der Waals surface area contributed by atoms with Crippen molar-refractivity contribution in [1.29, 1.82) is 0 Å². The van der Waals surface area contributed by atoms with Gasteiger partial charge in [0.25, 0.3) is 0 Å². The van der Waals surface area contributed by atoms with E-state index < -0.39 is 0 Å². The maximum absolute atomic E-state index is 10.2. The first-order chi connectivity index (χ1) is 3.18. The zero-order valence-corrected chi connectivity index (χ0v) is 5.44. The summed E-state index contributed by atoms with van der Waals surface area (Å²) >= 11 is 3.20. The van der Waals surface area contributed by atoms with Gasteiger partial charge in [0.2, 0.25) is 0 Å². The van der Waals surface area contributed by atoms with E-state index in [1.165, 1.54) is 0 Å². The van der Waals surface area contributed by atoms with Crippen LogP contribution in [0.5, 0.6) is 0 Å². The third kappa shape index (κ3) is 2.60. The average molecular weight is 139 g/mol. The van der Waals surface area contributed by atoms with Crippen LogP contribution in [0.1, 0.15) is 13.8 Å². The zero-order chi connectivity index (χ0) is 5.86. The first kappa shape index (κ1) is 6.93. The van der Waals surface area contributed by atoms with Crippen LogP contribution in [-0.2, 0) is 20.8 Å². The summed E-state index contributed by atoms with van der Waals surface area (Å²) in [4.78, 5) is 10.2. The SMILES string of the molecule is CC=C(C)[C](=O)[Fe]. The van der Waals surface area contributed by atoms with Crippen LogP contribution in [0.4, 0.5) is 0 Å². The van der Waals surface area contributed by atoms with Crippen molar-refractivity contribution < 1.29 is 20.8 Å². The molecule has 2 heteroatoms. The van der Waals surface area contributed by atoms with Crippen LogP contribution in [0.3, 0.4) is 0 Å². The summed E-state index contributed by atoms with van der Waals surface area (Å²) in [6.45, 7) is 3.56. The van der Waals surface area contributed by atoms with E-state index >= 15 is 0 Å². The Balaban J connectivity index is 3.82. The van der Waals surface area contributed by atoms with Gasteiger partial charge in [-0.15, -0.1) is 0 Å². The number of carbonyl (C=O) groups is 1. The van der Waals surface area contributed by atoms with Gasteiger partial charge in [-0.3, -0.25) is 0 Å². The Labute approximate surface area is 51.6 Å². The Kier molecular flexibility index (Phi) is 2.97. The van der Waals surface area contributed by atoms with Gasteiger partial charge in [0, 0.05) is 0 Å². The molecule has 0 aliphatic heterocycles. The van der Waals surface area contributed by atoms with Crippen LogP contribution in [0.2, 0.25) is 0 Å². The van der Waals surface area contributed by atoms with Gasteiger partial charge >= 0.3 is 51.0 Å². The average Bonchev–Trinajstić information content (AvgIpc) is 1.65. The second kappa shape index (κ2) is 3.00. The molecule has 0 saturated heterocycles. The number of hydrogen-bond donors (Lipinski definition) is 0. The molecular formula is C5H7FeO. The predicted molar refractivity (Wildman–Crippen MR) is 24.4 cm³/mol. The van der Waals surface area contributed by atoms with Gasteiger partial charge < -0.3 is 0 Å². The van der Waals surface area contributed by atoms with Crippen molar-refractivity contribution in [3.8, 4) is 0 Å². The fraction of sp³-hybridized carbons (Fsp3) is 0.400. The molecule has 7 heavy (non-hydrogen) atoms. The van der Waals surface area contributed by atoms with E-state index in [2.05, 4.69) is 16.0 Å². The van der Waals surface area contributed by atoms with E-state index in [0.29, 0.717) is 0 Å². The number of rotatable bonds is 1. The van der Waals surface area contributed by atoms with Gasteiger partial charge in [-0.25, -0.2) is 0 Å². The standard InChI is InChI=1S/C5H7O.Fe/c1-3-5(2)4-6;/h3H,1-2H3;. The second-order valence-electron chi connectivity index (χ2n) is 1.23. The fourth-order valence-electron chi connectivity index (χ4n) is 0.110. The minimum absolute atomic E-state index is 0.0949. The molecule has 0 saturated carbocycles. The van der Waals surface area contributed by atoms with Crippen molar-refractivity contribution in [2.45, 2.75) is 13.8 Å². The maximum atomic E-state index is 10.2. The molecule has 0 amide bonds. The van der Waals surface area contributed by atoms with Crippen LogP contribution < -0.4 is 0 Å². The van der Waals surface area contributed by atoms with Gasteiger partial charge in [0.1, 0.15) is 0 Å². The summed E-state index contributed by atoms with van der Waals surface area (Å²) in [6.07, 6.45) is 1.75. The van der Waals surface area contributed by atoms with Crippen LogP contribution in [0, 0.1) is 0 Å². The summed E-state index contributed by atoms with van der Waals surface area (Å²) in [5.74, 6) is 0. The quantitative estimate of drug-likeness (QED) is 0.391. The molecule has 0 heterocycles. The van der Waals surface area contributed by atoms with Crippen LogP contribution in [0.15, 0.2) is 11.6 Å². The van der Waals surface area contributed by atoms with E-state index in [-0.39, 0.29) is 4.68 Å².